The van der Waals surface area contributed by atoms with Crippen LogP contribution in [0, 0.1) is 0 Å². The van der Waals surface area contributed by atoms with Crippen LogP contribution >= 0.6 is 68.0 Å². The van der Waals surface area contributed by atoms with Crippen molar-refractivity contribution in [2.75, 3.05) is 0 Å². The van der Waals surface area contributed by atoms with Gasteiger partial charge in [0.15, 0.2) is 0 Å². The van der Waals surface area contributed by atoms with Crippen molar-refractivity contribution in [1.82, 2.24) is 39.0 Å². The van der Waals surface area contributed by atoms with Crippen LogP contribution in [0.1, 0.15) is 0 Å². The third kappa shape index (κ3) is 10.4. The predicted octanol–water partition coefficient (Wildman–Crippen LogP) is 27.7. The Kier molecular flexibility index (Phi) is 14.0. The molecular weight excluding hydrogens is 1430 g/mol. The first-order valence-corrected chi connectivity index (χ1v) is 40.6. The standard InChI is InChI=1S/C94H52N8S6/c1-2-10-53(11-3-1)59-28-38-76-86(50-59)106-92(98-76)63-31-41-80-70(46-63)71-47-64(32-42-81(71)102(80)68-36-26-57(27-37-68)90-96-74-13-5-8-16-84(74)104-90)93-99-77-39-29-60(51-87(77)107-93)55-20-18-54(19-21-55)58-22-23-61-52-88-78(49-66(61)44-58)100-94(108-88)65-33-43-82-72(48-65)69-45-62(91-97-75-14-6-9-17-85(75)105-91)30-40-79(69)101(82)67-34-24-56(25-35-67)89-95-73-12-4-7-15-83(73)103-89/h1-52H. The molecule has 0 amide bonds. The van der Waals surface area contributed by atoms with Crippen molar-refractivity contribution in [2.45, 2.75) is 0 Å². The van der Waals surface area contributed by atoms with Gasteiger partial charge in [-0.15, -0.1) is 68.0 Å². The van der Waals surface area contributed by atoms with E-state index in [0.717, 1.165) is 178 Å². The van der Waals surface area contributed by atoms with Crippen LogP contribution in [0.2, 0.25) is 0 Å². The van der Waals surface area contributed by atoms with E-state index in [1.54, 1.807) is 68.0 Å². The van der Waals surface area contributed by atoms with Crippen LogP contribution < -0.4 is 0 Å². The summed E-state index contributed by atoms with van der Waals surface area (Å²) in [4.78, 5) is 31.0. The van der Waals surface area contributed by atoms with E-state index in [4.69, 9.17) is 29.9 Å². The lowest BCUT2D eigenvalue weighted by atomic mass is 9.98. The first kappa shape index (κ1) is 61.8. The number of fused-ring (bicyclic) bond motifs is 13. The van der Waals surface area contributed by atoms with E-state index in [1.165, 1.54) is 46.1 Å². The molecule has 0 aliphatic rings. The molecule has 0 aliphatic heterocycles. The molecule has 0 saturated carbocycles. The Morgan fingerprint density at radius 3 is 0.880 bits per heavy atom. The molecular formula is C94H52N8S6. The second-order valence-corrected chi connectivity index (χ2v) is 33.6. The average Bonchev–Trinajstić information content (AvgIpc) is 1.58. The Hall–Kier alpha value is -12.5. The maximum Gasteiger partial charge on any atom is 0.124 e. The van der Waals surface area contributed by atoms with Crippen molar-refractivity contribution in [3.63, 3.8) is 0 Å². The molecule has 8 nitrogen and oxygen atoms in total. The summed E-state index contributed by atoms with van der Waals surface area (Å²) in [5, 5.41) is 13.0. The van der Waals surface area contributed by atoms with Gasteiger partial charge in [-0.2, -0.15) is 0 Å². The van der Waals surface area contributed by atoms with Crippen molar-refractivity contribution in [1.29, 1.82) is 0 Å². The van der Waals surface area contributed by atoms with Crippen molar-refractivity contribution in [3.8, 4) is 108 Å². The number of aromatic nitrogens is 8. The lowest BCUT2D eigenvalue weighted by Gasteiger charge is -2.09. The van der Waals surface area contributed by atoms with Gasteiger partial charge in [-0.05, 0) is 244 Å². The zero-order chi connectivity index (χ0) is 70.7. The molecule has 0 spiro atoms. The SMILES string of the molecule is c1ccc(-c2ccc3nc(-c4ccc5c(c4)c4cc(-c6nc7ccc(-c8ccc(-c9ccc%10cc%11sc(-c%12ccc%13c(c%12)c%12cc(-c%14nc%15ccccc%15s%14)ccc%12n%13-c%12ccc(-c%13nc%14ccccc%14s%13)cc%12)nc%11cc%10c9)cc8)cc7s6)ccc4n5-c4ccc(-c5nc6ccccc6s5)cc4)sc3c2)cc1. The largest absolute Gasteiger partial charge is 0.309 e. The Bertz CT molecular complexity index is 7520. The zero-order valence-corrected chi connectivity index (χ0v) is 61.9. The van der Waals surface area contributed by atoms with Crippen molar-refractivity contribution >= 4 is 184 Å². The van der Waals surface area contributed by atoms with Gasteiger partial charge in [0.05, 0.1) is 83.4 Å². The van der Waals surface area contributed by atoms with E-state index in [1.807, 2.05) is 0 Å². The minimum absolute atomic E-state index is 0.983. The summed E-state index contributed by atoms with van der Waals surface area (Å²) in [5.74, 6) is 0. The molecule has 8 heterocycles. The molecule has 15 aromatic carbocycles. The van der Waals surface area contributed by atoms with Gasteiger partial charge in [-0.3, -0.25) is 0 Å². The highest BCUT2D eigenvalue weighted by Gasteiger charge is 2.22. The molecule has 23 aromatic rings. The van der Waals surface area contributed by atoms with Crippen molar-refractivity contribution in [3.05, 3.63) is 315 Å². The fourth-order valence-electron chi connectivity index (χ4n) is 15.5. The Balaban J connectivity index is 0.545. The summed E-state index contributed by atoms with van der Waals surface area (Å²) in [5.41, 5.74) is 26.4. The molecule has 0 aliphatic carbocycles. The highest BCUT2D eigenvalue weighted by atomic mass is 32.1. The summed E-state index contributed by atoms with van der Waals surface area (Å²) in [7, 11) is 0. The van der Waals surface area contributed by atoms with E-state index in [-0.39, 0.29) is 0 Å². The quantitative estimate of drug-likeness (QED) is 0.128. The molecule has 0 unspecified atom stereocenters. The second kappa shape index (κ2) is 24.5. The fraction of sp³-hybridized carbons (Fsp3) is 0. The first-order valence-electron chi connectivity index (χ1n) is 35.7. The third-order valence-corrected chi connectivity index (χ3v) is 27.4. The molecule has 23 rings (SSSR count). The summed E-state index contributed by atoms with van der Waals surface area (Å²) in [6.45, 7) is 0. The highest BCUT2D eigenvalue weighted by Crippen LogP contribution is 2.46. The summed E-state index contributed by atoms with van der Waals surface area (Å²) < 4.78 is 11.8. The van der Waals surface area contributed by atoms with Gasteiger partial charge in [0, 0.05) is 66.3 Å². The van der Waals surface area contributed by atoms with Gasteiger partial charge in [-0.25, -0.2) is 29.9 Å². The van der Waals surface area contributed by atoms with Crippen molar-refractivity contribution < 1.29 is 0 Å². The van der Waals surface area contributed by atoms with Gasteiger partial charge >= 0.3 is 0 Å². The number of thiazole rings is 6. The van der Waals surface area contributed by atoms with E-state index < -0.39 is 0 Å². The van der Waals surface area contributed by atoms with Gasteiger partial charge in [0.25, 0.3) is 0 Å². The van der Waals surface area contributed by atoms with E-state index >= 15 is 0 Å². The Morgan fingerprint density at radius 1 is 0.176 bits per heavy atom. The molecule has 0 radical (unpaired) electrons. The number of nitrogens with zero attached hydrogens (tertiary/aromatic N) is 8. The fourth-order valence-corrected chi connectivity index (χ4v) is 21.4. The van der Waals surface area contributed by atoms with Gasteiger partial charge < -0.3 is 9.13 Å². The van der Waals surface area contributed by atoms with E-state index in [9.17, 15) is 0 Å². The normalized spacial score (nSPS) is 12.1. The van der Waals surface area contributed by atoms with Crippen LogP contribution in [0.4, 0.5) is 0 Å². The topological polar surface area (TPSA) is 87.2 Å². The molecule has 14 heteroatoms. The monoisotopic (exact) mass is 1480 g/mol. The van der Waals surface area contributed by atoms with Crippen LogP contribution in [0.15, 0.2) is 315 Å². The van der Waals surface area contributed by atoms with Gasteiger partial charge in [0.2, 0.25) is 0 Å². The molecule has 0 atom stereocenters. The lowest BCUT2D eigenvalue weighted by Crippen LogP contribution is -1.94. The Labute approximate surface area is 641 Å². The average molecular weight is 1490 g/mol. The molecule has 108 heavy (non-hydrogen) atoms. The van der Waals surface area contributed by atoms with Crippen LogP contribution in [0.3, 0.4) is 0 Å². The maximum atomic E-state index is 5.38. The summed E-state index contributed by atoms with van der Waals surface area (Å²) >= 11 is 10.4. The molecule has 0 bridgehead atoms. The van der Waals surface area contributed by atoms with E-state index in [0.29, 0.717) is 0 Å². The summed E-state index contributed by atoms with van der Waals surface area (Å²) in [6.07, 6.45) is 0. The van der Waals surface area contributed by atoms with Crippen LogP contribution in [0.5, 0.6) is 0 Å². The van der Waals surface area contributed by atoms with Gasteiger partial charge in [0.1, 0.15) is 30.0 Å². The van der Waals surface area contributed by atoms with E-state index in [2.05, 4.69) is 325 Å². The summed E-state index contributed by atoms with van der Waals surface area (Å²) in [6, 6.07) is 114. The number of hydrogen-bond donors (Lipinski definition) is 0. The van der Waals surface area contributed by atoms with Crippen molar-refractivity contribution in [2.24, 2.45) is 0 Å². The highest BCUT2D eigenvalue weighted by molar-refractivity contribution is 7.23. The van der Waals surface area contributed by atoms with Crippen LogP contribution in [-0.4, -0.2) is 39.0 Å². The zero-order valence-electron chi connectivity index (χ0n) is 57.0. The second-order valence-electron chi connectivity index (χ2n) is 27.4. The van der Waals surface area contributed by atoms with Gasteiger partial charge in [-0.1, -0.05) is 115 Å². The molecule has 504 valence electrons. The van der Waals surface area contributed by atoms with Crippen LogP contribution in [-0.2, 0) is 0 Å². The lowest BCUT2D eigenvalue weighted by molar-refractivity contribution is 1.18. The molecule has 0 N–H and O–H groups in total. The number of benzene rings is 15. The number of hydrogen-bond acceptors (Lipinski definition) is 12. The predicted molar refractivity (Wildman–Crippen MR) is 461 cm³/mol. The van der Waals surface area contributed by atoms with Crippen LogP contribution in [0.25, 0.3) is 224 Å². The molecule has 0 saturated heterocycles. The molecule has 0 fully saturated rings. The maximum absolute atomic E-state index is 5.38. The number of para-hydroxylation sites is 3. The molecule has 8 aromatic heterocycles. The minimum Gasteiger partial charge on any atom is -0.309 e. The third-order valence-electron chi connectivity index (χ3n) is 20.9. The Morgan fingerprint density at radius 2 is 0.472 bits per heavy atom. The minimum atomic E-state index is 0.983. The number of rotatable bonds is 11. The smallest absolute Gasteiger partial charge is 0.124 e. The first-order chi connectivity index (χ1) is 53.4.